The summed E-state index contributed by atoms with van der Waals surface area (Å²) < 4.78 is 10.7. The third-order valence-corrected chi connectivity index (χ3v) is 4.25. The SMILES string of the molecule is COc1ccc(C(O)C(O)CNC(=O)OCc2ccccc2)c(Br)c1. The van der Waals surface area contributed by atoms with Gasteiger partial charge in [-0.1, -0.05) is 52.3 Å². The van der Waals surface area contributed by atoms with Crippen LogP contribution in [0.1, 0.15) is 17.2 Å². The number of methoxy groups -OCH3 is 1. The molecule has 2 rings (SSSR count). The van der Waals surface area contributed by atoms with Gasteiger partial charge in [-0.25, -0.2) is 4.79 Å². The van der Waals surface area contributed by atoms with Gasteiger partial charge in [-0.2, -0.15) is 0 Å². The normalized spacial score (nSPS) is 13.0. The lowest BCUT2D eigenvalue weighted by Crippen LogP contribution is -2.35. The van der Waals surface area contributed by atoms with Crippen LogP contribution >= 0.6 is 15.9 Å². The van der Waals surface area contributed by atoms with Crippen LogP contribution in [0.15, 0.2) is 53.0 Å². The lowest BCUT2D eigenvalue weighted by Gasteiger charge is -2.20. The molecule has 134 valence electrons. The van der Waals surface area contributed by atoms with Crippen LogP contribution in [0.3, 0.4) is 0 Å². The van der Waals surface area contributed by atoms with E-state index in [-0.39, 0.29) is 13.2 Å². The number of nitrogens with one attached hydrogen (secondary N) is 1. The number of alkyl carbamates (subject to hydrolysis) is 1. The first-order valence-corrected chi connectivity index (χ1v) is 8.44. The van der Waals surface area contributed by atoms with Crippen molar-refractivity contribution in [2.24, 2.45) is 0 Å². The third-order valence-electron chi connectivity index (χ3n) is 3.56. The van der Waals surface area contributed by atoms with Gasteiger partial charge in [-0.05, 0) is 23.3 Å². The number of ether oxygens (including phenoxy) is 2. The molecule has 0 fully saturated rings. The number of hydrogen-bond donors (Lipinski definition) is 3. The standard InChI is InChI=1S/C18H20BrNO5/c1-24-13-7-8-14(15(19)9-13)17(22)16(21)10-20-18(23)25-11-12-5-3-2-4-6-12/h2-9,16-17,21-22H,10-11H2,1H3,(H,20,23). The molecule has 0 aromatic heterocycles. The first-order valence-electron chi connectivity index (χ1n) is 7.65. The van der Waals surface area contributed by atoms with Crippen molar-refractivity contribution in [3.05, 3.63) is 64.1 Å². The van der Waals surface area contributed by atoms with Crippen molar-refractivity contribution in [2.75, 3.05) is 13.7 Å². The first-order chi connectivity index (χ1) is 12.0. The van der Waals surface area contributed by atoms with E-state index in [0.29, 0.717) is 15.8 Å². The van der Waals surface area contributed by atoms with Crippen LogP contribution < -0.4 is 10.1 Å². The Labute approximate surface area is 154 Å². The van der Waals surface area contributed by atoms with E-state index < -0.39 is 18.3 Å². The van der Waals surface area contributed by atoms with Crippen LogP contribution in [0, 0.1) is 0 Å². The van der Waals surface area contributed by atoms with Crippen LogP contribution in [0.2, 0.25) is 0 Å². The van der Waals surface area contributed by atoms with Gasteiger partial charge in [0.15, 0.2) is 0 Å². The largest absolute Gasteiger partial charge is 0.497 e. The predicted molar refractivity (Wildman–Crippen MR) is 96.3 cm³/mol. The Morgan fingerprint density at radius 3 is 2.56 bits per heavy atom. The maximum atomic E-state index is 11.7. The fourth-order valence-electron chi connectivity index (χ4n) is 2.16. The minimum atomic E-state index is -1.19. The minimum Gasteiger partial charge on any atom is -0.497 e. The van der Waals surface area contributed by atoms with Gasteiger partial charge in [0.05, 0.1) is 7.11 Å². The molecule has 1 amide bonds. The van der Waals surface area contributed by atoms with Crippen molar-refractivity contribution in [3.63, 3.8) is 0 Å². The first kappa shape index (κ1) is 19.2. The molecular formula is C18H20BrNO5. The quantitative estimate of drug-likeness (QED) is 0.654. The Morgan fingerprint density at radius 2 is 1.92 bits per heavy atom. The van der Waals surface area contributed by atoms with E-state index in [1.807, 2.05) is 30.3 Å². The van der Waals surface area contributed by atoms with E-state index in [1.165, 1.54) is 7.11 Å². The van der Waals surface area contributed by atoms with Crippen LogP contribution in [0.5, 0.6) is 5.75 Å². The number of benzene rings is 2. The molecule has 25 heavy (non-hydrogen) atoms. The van der Waals surface area contributed by atoms with Gasteiger partial charge in [0.25, 0.3) is 0 Å². The maximum Gasteiger partial charge on any atom is 0.407 e. The molecule has 6 nitrogen and oxygen atoms in total. The zero-order valence-electron chi connectivity index (χ0n) is 13.7. The summed E-state index contributed by atoms with van der Waals surface area (Å²) in [5.74, 6) is 0.625. The zero-order valence-corrected chi connectivity index (χ0v) is 15.3. The van der Waals surface area contributed by atoms with E-state index in [1.54, 1.807) is 18.2 Å². The molecule has 0 aliphatic heterocycles. The summed E-state index contributed by atoms with van der Waals surface area (Å²) in [6.45, 7) is -0.0113. The number of amides is 1. The number of rotatable bonds is 7. The minimum absolute atomic E-state index is 0.134. The lowest BCUT2D eigenvalue weighted by atomic mass is 10.0. The lowest BCUT2D eigenvalue weighted by molar-refractivity contribution is 0.0180. The number of halogens is 1. The Balaban J connectivity index is 1.82. The molecule has 0 bridgehead atoms. The predicted octanol–water partition coefficient (Wildman–Crippen LogP) is 2.78. The van der Waals surface area contributed by atoms with Crippen molar-refractivity contribution in [2.45, 2.75) is 18.8 Å². The Kier molecular flexibility index (Phi) is 7.24. The summed E-state index contributed by atoms with van der Waals surface area (Å²) in [4.78, 5) is 11.7. The second-order valence-electron chi connectivity index (χ2n) is 5.34. The van der Waals surface area contributed by atoms with Gasteiger partial charge < -0.3 is 25.0 Å². The Bertz CT molecular complexity index is 695. The molecule has 7 heteroatoms. The van der Waals surface area contributed by atoms with E-state index in [4.69, 9.17) is 9.47 Å². The van der Waals surface area contributed by atoms with Gasteiger partial charge in [0.2, 0.25) is 0 Å². The molecule has 3 N–H and O–H groups in total. The summed E-state index contributed by atoms with van der Waals surface area (Å²) in [5, 5.41) is 22.8. The van der Waals surface area contributed by atoms with Crippen molar-refractivity contribution in [1.82, 2.24) is 5.32 Å². The van der Waals surface area contributed by atoms with Gasteiger partial charge >= 0.3 is 6.09 Å². The third kappa shape index (κ3) is 5.74. The number of aliphatic hydroxyl groups excluding tert-OH is 2. The molecule has 0 saturated carbocycles. The number of carbonyl (C=O) groups excluding carboxylic acids is 1. The van der Waals surface area contributed by atoms with Crippen LogP contribution in [-0.2, 0) is 11.3 Å². The summed E-state index contributed by atoms with van der Waals surface area (Å²) in [5.41, 5.74) is 1.35. The van der Waals surface area contributed by atoms with Gasteiger partial charge in [-0.15, -0.1) is 0 Å². The molecular weight excluding hydrogens is 390 g/mol. The fraction of sp³-hybridized carbons (Fsp3) is 0.278. The van der Waals surface area contributed by atoms with Crippen LogP contribution in [0.4, 0.5) is 4.79 Å². The van der Waals surface area contributed by atoms with Crippen molar-refractivity contribution in [1.29, 1.82) is 0 Å². The highest BCUT2D eigenvalue weighted by atomic mass is 79.9. The van der Waals surface area contributed by atoms with E-state index >= 15 is 0 Å². The van der Waals surface area contributed by atoms with E-state index in [9.17, 15) is 15.0 Å². The second kappa shape index (κ2) is 9.41. The van der Waals surface area contributed by atoms with E-state index in [2.05, 4.69) is 21.2 Å². The summed E-state index contributed by atoms with van der Waals surface area (Å²) in [7, 11) is 1.54. The van der Waals surface area contributed by atoms with Gasteiger partial charge in [0.1, 0.15) is 24.6 Å². The molecule has 0 radical (unpaired) electrons. The Hall–Kier alpha value is -2.09. The smallest absolute Gasteiger partial charge is 0.407 e. The molecule has 2 unspecified atom stereocenters. The average Bonchev–Trinajstić information content (AvgIpc) is 2.64. The zero-order chi connectivity index (χ0) is 18.2. The van der Waals surface area contributed by atoms with Crippen molar-refractivity contribution in [3.8, 4) is 5.75 Å². The topological polar surface area (TPSA) is 88.0 Å². The highest BCUT2D eigenvalue weighted by Crippen LogP contribution is 2.29. The highest BCUT2D eigenvalue weighted by Gasteiger charge is 2.21. The maximum absolute atomic E-state index is 11.7. The fourth-order valence-corrected chi connectivity index (χ4v) is 2.75. The summed E-state index contributed by atoms with van der Waals surface area (Å²) >= 11 is 3.32. The van der Waals surface area contributed by atoms with E-state index in [0.717, 1.165) is 5.56 Å². The van der Waals surface area contributed by atoms with Crippen molar-refractivity contribution >= 4 is 22.0 Å². The number of carbonyl (C=O) groups is 1. The van der Waals surface area contributed by atoms with Crippen molar-refractivity contribution < 1.29 is 24.5 Å². The number of aliphatic hydroxyl groups is 2. The highest BCUT2D eigenvalue weighted by molar-refractivity contribution is 9.10. The van der Waals surface area contributed by atoms with Crippen LogP contribution in [-0.4, -0.2) is 36.1 Å². The average molecular weight is 410 g/mol. The summed E-state index contributed by atoms with van der Waals surface area (Å²) in [6, 6.07) is 14.3. The molecule has 2 atom stereocenters. The molecule has 0 aliphatic rings. The number of hydrogen-bond acceptors (Lipinski definition) is 5. The molecule has 0 saturated heterocycles. The molecule has 2 aromatic rings. The second-order valence-corrected chi connectivity index (χ2v) is 6.20. The monoisotopic (exact) mass is 409 g/mol. The Morgan fingerprint density at radius 1 is 1.20 bits per heavy atom. The molecule has 0 aliphatic carbocycles. The molecule has 0 spiro atoms. The summed E-state index contributed by atoms with van der Waals surface area (Å²) in [6.07, 6.45) is -3.02. The van der Waals surface area contributed by atoms with Gasteiger partial charge in [0, 0.05) is 11.0 Å². The molecule has 2 aromatic carbocycles. The van der Waals surface area contributed by atoms with Gasteiger partial charge in [-0.3, -0.25) is 0 Å². The molecule has 0 heterocycles. The van der Waals surface area contributed by atoms with Crippen LogP contribution in [0.25, 0.3) is 0 Å².